The molecule has 0 unspecified atom stereocenters. The van der Waals surface area contributed by atoms with Crippen LogP contribution in [0.4, 0.5) is 0 Å². The summed E-state index contributed by atoms with van der Waals surface area (Å²) in [5.41, 5.74) is 0. The Labute approximate surface area is 57.5 Å². The van der Waals surface area contributed by atoms with E-state index in [0.29, 0.717) is 0 Å². The lowest BCUT2D eigenvalue weighted by molar-refractivity contribution is -0.116. The minimum absolute atomic E-state index is 0.375. The third kappa shape index (κ3) is 3.96. The Morgan fingerprint density at radius 2 is 2.25 bits per heavy atom. The van der Waals surface area contributed by atoms with Gasteiger partial charge in [0.1, 0.15) is 0 Å². The first-order chi connectivity index (χ1) is 3.66. The zero-order valence-corrected chi connectivity index (χ0v) is 5.54. The SMILES string of the molecule is C=CC(=O)NC(Cl)Cl. The third-order valence-corrected chi connectivity index (χ3v) is 0.655. The second-order valence-electron chi connectivity index (χ2n) is 1.01. The molecule has 0 aliphatic rings. The van der Waals surface area contributed by atoms with Crippen LogP contribution in [0.1, 0.15) is 0 Å². The van der Waals surface area contributed by atoms with E-state index in [0.717, 1.165) is 6.08 Å². The number of hydrogen-bond donors (Lipinski definition) is 1. The summed E-state index contributed by atoms with van der Waals surface area (Å²) < 4.78 is 0. The van der Waals surface area contributed by atoms with Crippen molar-refractivity contribution in [2.75, 3.05) is 0 Å². The minimum Gasteiger partial charge on any atom is -0.324 e. The molecule has 0 aromatic heterocycles. The van der Waals surface area contributed by atoms with Gasteiger partial charge in [-0.1, -0.05) is 29.8 Å². The van der Waals surface area contributed by atoms with Gasteiger partial charge in [-0.3, -0.25) is 4.79 Å². The van der Waals surface area contributed by atoms with Crippen LogP contribution in [-0.4, -0.2) is 10.9 Å². The summed E-state index contributed by atoms with van der Waals surface area (Å²) in [5, 5.41) is 2.17. The number of amides is 1. The molecule has 0 aromatic carbocycles. The summed E-state index contributed by atoms with van der Waals surface area (Å²) in [6, 6.07) is 0. The van der Waals surface area contributed by atoms with Crippen molar-refractivity contribution in [3.05, 3.63) is 12.7 Å². The van der Waals surface area contributed by atoms with Gasteiger partial charge < -0.3 is 5.32 Å². The molecule has 0 saturated heterocycles. The topological polar surface area (TPSA) is 29.1 Å². The van der Waals surface area contributed by atoms with Crippen molar-refractivity contribution >= 4 is 29.1 Å². The van der Waals surface area contributed by atoms with E-state index in [2.05, 4.69) is 11.9 Å². The van der Waals surface area contributed by atoms with Gasteiger partial charge in [0.15, 0.2) is 4.96 Å². The van der Waals surface area contributed by atoms with Gasteiger partial charge >= 0.3 is 0 Å². The maximum atomic E-state index is 10.2. The van der Waals surface area contributed by atoms with Gasteiger partial charge in [-0.2, -0.15) is 0 Å². The Morgan fingerprint density at radius 1 is 1.75 bits per heavy atom. The Kier molecular flexibility index (Phi) is 3.65. The summed E-state index contributed by atoms with van der Waals surface area (Å²) in [6.45, 7) is 3.18. The quantitative estimate of drug-likeness (QED) is 0.359. The first-order valence-corrected chi connectivity index (χ1v) is 2.75. The summed E-state index contributed by atoms with van der Waals surface area (Å²) in [4.78, 5) is 9.38. The molecule has 1 amide bonds. The molecule has 8 heavy (non-hydrogen) atoms. The maximum absolute atomic E-state index is 10.2. The minimum atomic E-state index is -0.847. The van der Waals surface area contributed by atoms with E-state index in [1.165, 1.54) is 0 Å². The molecule has 4 heteroatoms. The zero-order chi connectivity index (χ0) is 6.57. The molecular formula is C4H5Cl2NO. The van der Waals surface area contributed by atoms with Crippen LogP contribution in [0.25, 0.3) is 0 Å². The molecule has 0 spiro atoms. The predicted octanol–water partition coefficient (Wildman–Crippen LogP) is 1.05. The van der Waals surface area contributed by atoms with Crippen molar-refractivity contribution in [3.8, 4) is 0 Å². The molecule has 0 heterocycles. The Bertz CT molecular complexity index is 102. The summed E-state index contributed by atoms with van der Waals surface area (Å²) in [5.74, 6) is -0.375. The highest BCUT2D eigenvalue weighted by Crippen LogP contribution is 1.94. The Hall–Kier alpha value is -0.210. The average molecular weight is 154 g/mol. The number of alkyl halides is 2. The van der Waals surface area contributed by atoms with Crippen molar-refractivity contribution in [2.45, 2.75) is 4.96 Å². The van der Waals surface area contributed by atoms with E-state index < -0.39 is 4.96 Å². The molecule has 0 radical (unpaired) electrons. The van der Waals surface area contributed by atoms with Crippen LogP contribution in [0.3, 0.4) is 0 Å². The molecule has 1 N–H and O–H groups in total. The largest absolute Gasteiger partial charge is 0.324 e. The summed E-state index contributed by atoms with van der Waals surface area (Å²) in [7, 11) is 0. The Balaban J connectivity index is 3.39. The second-order valence-corrected chi connectivity index (χ2v) is 2.11. The molecule has 0 fully saturated rings. The van der Waals surface area contributed by atoms with Crippen molar-refractivity contribution in [1.82, 2.24) is 5.32 Å². The van der Waals surface area contributed by atoms with E-state index >= 15 is 0 Å². The average Bonchev–Trinajstić information content (AvgIpc) is 1.65. The lowest BCUT2D eigenvalue weighted by Crippen LogP contribution is -2.24. The highest BCUT2D eigenvalue weighted by atomic mass is 35.5. The van der Waals surface area contributed by atoms with Gasteiger partial charge in [0, 0.05) is 0 Å². The fourth-order valence-electron chi connectivity index (χ4n) is 0.166. The number of halogens is 2. The lowest BCUT2D eigenvalue weighted by Gasteiger charge is -1.98. The first kappa shape index (κ1) is 7.79. The maximum Gasteiger partial charge on any atom is 0.245 e. The molecule has 0 aliphatic carbocycles. The van der Waals surface area contributed by atoms with E-state index in [1.807, 2.05) is 0 Å². The van der Waals surface area contributed by atoms with E-state index in [4.69, 9.17) is 23.2 Å². The fraction of sp³-hybridized carbons (Fsp3) is 0.250. The van der Waals surface area contributed by atoms with Crippen LogP contribution in [0.5, 0.6) is 0 Å². The van der Waals surface area contributed by atoms with Crippen LogP contribution in [0, 0.1) is 0 Å². The van der Waals surface area contributed by atoms with Gasteiger partial charge in [-0.25, -0.2) is 0 Å². The fourth-order valence-corrected chi connectivity index (χ4v) is 0.382. The molecule has 0 atom stereocenters. The van der Waals surface area contributed by atoms with Gasteiger partial charge in [-0.15, -0.1) is 0 Å². The zero-order valence-electron chi connectivity index (χ0n) is 4.03. The van der Waals surface area contributed by atoms with Gasteiger partial charge in [0.2, 0.25) is 5.91 Å². The van der Waals surface area contributed by atoms with Crippen molar-refractivity contribution in [1.29, 1.82) is 0 Å². The van der Waals surface area contributed by atoms with Gasteiger partial charge in [0.25, 0.3) is 0 Å². The molecular weight excluding hydrogens is 149 g/mol. The van der Waals surface area contributed by atoms with Crippen LogP contribution >= 0.6 is 23.2 Å². The van der Waals surface area contributed by atoms with Crippen LogP contribution in [0.2, 0.25) is 0 Å². The molecule has 0 saturated carbocycles. The highest BCUT2D eigenvalue weighted by molar-refractivity contribution is 6.44. The highest BCUT2D eigenvalue weighted by Gasteiger charge is 1.98. The van der Waals surface area contributed by atoms with Crippen LogP contribution in [-0.2, 0) is 4.79 Å². The molecule has 0 bridgehead atoms. The van der Waals surface area contributed by atoms with Crippen molar-refractivity contribution in [2.24, 2.45) is 0 Å². The lowest BCUT2D eigenvalue weighted by atomic mass is 10.6. The number of carbonyl (C=O) groups excluding carboxylic acids is 1. The molecule has 0 rings (SSSR count). The van der Waals surface area contributed by atoms with Crippen LogP contribution in [0.15, 0.2) is 12.7 Å². The van der Waals surface area contributed by atoms with Gasteiger partial charge in [0.05, 0.1) is 0 Å². The normalized spacial score (nSPS) is 8.88. The number of hydrogen-bond acceptors (Lipinski definition) is 1. The van der Waals surface area contributed by atoms with Crippen molar-refractivity contribution in [3.63, 3.8) is 0 Å². The number of carbonyl (C=O) groups is 1. The van der Waals surface area contributed by atoms with Crippen LogP contribution < -0.4 is 5.32 Å². The van der Waals surface area contributed by atoms with Gasteiger partial charge in [-0.05, 0) is 6.08 Å². The predicted molar refractivity (Wildman–Crippen MR) is 33.8 cm³/mol. The molecule has 46 valence electrons. The number of rotatable bonds is 2. The van der Waals surface area contributed by atoms with E-state index in [-0.39, 0.29) is 5.91 Å². The molecule has 0 aromatic rings. The second kappa shape index (κ2) is 3.75. The smallest absolute Gasteiger partial charge is 0.245 e. The molecule has 2 nitrogen and oxygen atoms in total. The first-order valence-electron chi connectivity index (χ1n) is 1.88. The Morgan fingerprint density at radius 3 is 2.38 bits per heavy atom. The standard InChI is InChI=1S/C4H5Cl2NO/c1-2-3(8)7-4(5)6/h2,4H,1H2,(H,7,8). The molecule has 0 aliphatic heterocycles. The summed E-state index contributed by atoms with van der Waals surface area (Å²) in [6.07, 6.45) is 1.09. The van der Waals surface area contributed by atoms with Crippen molar-refractivity contribution < 1.29 is 4.79 Å². The summed E-state index contributed by atoms with van der Waals surface area (Å²) >= 11 is 10.3. The van der Waals surface area contributed by atoms with E-state index in [1.54, 1.807) is 0 Å². The van der Waals surface area contributed by atoms with E-state index in [9.17, 15) is 4.79 Å². The monoisotopic (exact) mass is 153 g/mol. The third-order valence-electron chi connectivity index (χ3n) is 0.437. The number of nitrogens with one attached hydrogen (secondary N) is 1.